The highest BCUT2D eigenvalue weighted by molar-refractivity contribution is 6.34. The monoisotopic (exact) mass is 496 g/mol. The zero-order chi connectivity index (χ0) is 26.9. The van der Waals surface area contributed by atoms with Gasteiger partial charge in [0.15, 0.2) is 11.6 Å². The van der Waals surface area contributed by atoms with E-state index in [9.17, 15) is 4.79 Å². The van der Waals surface area contributed by atoms with E-state index in [4.69, 9.17) is 35.2 Å². The van der Waals surface area contributed by atoms with Gasteiger partial charge in [0, 0.05) is 36.0 Å². The number of ketones is 1. The first-order valence-electron chi connectivity index (χ1n) is 13.1. The number of carbonyl (C=O) groups is 1. The van der Waals surface area contributed by atoms with Crippen LogP contribution in [0.4, 0.5) is 11.8 Å². The Labute approximate surface area is 213 Å². The first-order chi connectivity index (χ1) is 18.2. The van der Waals surface area contributed by atoms with Gasteiger partial charge in [-0.3, -0.25) is 4.79 Å². The van der Waals surface area contributed by atoms with Crippen LogP contribution in [0.5, 0.6) is 5.75 Å². The molecular formula is C26H28ClN5O3. The number of methoxy groups -OCH3 is 1. The van der Waals surface area contributed by atoms with Gasteiger partial charge in [-0.05, 0) is 37.0 Å². The van der Waals surface area contributed by atoms with E-state index in [0.717, 1.165) is 11.9 Å². The number of hydrogen-bond acceptors (Lipinski definition) is 8. The van der Waals surface area contributed by atoms with Crippen LogP contribution in [-0.2, 0) is 9.53 Å². The number of nitrogens with one attached hydrogen (secondary N) is 2. The molecule has 0 unspecified atom stereocenters. The third-order valence-corrected chi connectivity index (χ3v) is 6.76. The van der Waals surface area contributed by atoms with Gasteiger partial charge in [-0.15, -0.1) is 0 Å². The Hall–Kier alpha value is -3.23. The fraction of sp³-hybridized carbons (Fsp3) is 0.385. The molecule has 1 saturated carbocycles. The third kappa shape index (κ3) is 5.23. The molecule has 1 aliphatic heterocycles. The van der Waals surface area contributed by atoms with Crippen LogP contribution in [0.3, 0.4) is 0 Å². The van der Waals surface area contributed by atoms with E-state index in [-0.39, 0.29) is 28.5 Å². The molecule has 2 N–H and O–H groups in total. The van der Waals surface area contributed by atoms with Gasteiger partial charge in [-0.25, -0.2) is 15.0 Å². The standard InChI is InChI=1S/C26H28ClN5O3/c1-3-18(33)9-17-13-35-14-21(17)31-26-29-12-16-10-20(19-5-4-6-22(34-2)23(19)27)30-25(24(16)32-26)28-11-15-7-8-15/h3-6,10,12,15,17,21H,1,7-9,11,13-14H2,2H3,(H,28,30)(H,29,31,32)/t17-,21+/m0/s1/i2D3. The summed E-state index contributed by atoms with van der Waals surface area (Å²) in [4.78, 5) is 26.0. The first kappa shape index (κ1) is 20.0. The molecule has 2 aliphatic rings. The largest absolute Gasteiger partial charge is 0.495 e. The van der Waals surface area contributed by atoms with Gasteiger partial charge >= 0.3 is 0 Å². The molecular weight excluding hydrogens is 466 g/mol. The second kappa shape index (κ2) is 10.2. The number of allylic oxidation sites excluding steroid dienone is 1. The summed E-state index contributed by atoms with van der Waals surface area (Å²) >= 11 is 6.55. The molecule has 1 aliphatic carbocycles. The first-order valence-corrected chi connectivity index (χ1v) is 12.0. The number of carbonyl (C=O) groups excluding carboxylic acids is 1. The van der Waals surface area contributed by atoms with E-state index in [1.54, 1.807) is 18.3 Å². The fourth-order valence-electron chi connectivity index (χ4n) is 4.19. The molecule has 2 atom stereocenters. The van der Waals surface area contributed by atoms with Crippen LogP contribution >= 0.6 is 11.6 Å². The SMILES string of the molecule is [2H]C([2H])([2H])Oc1cccc(-c2cc3cnc(N[C@@H]4COC[C@@H]4CC(=O)C=C)nc3c(NCC3CC3)n2)c1Cl. The van der Waals surface area contributed by atoms with Gasteiger partial charge < -0.3 is 20.1 Å². The molecule has 1 aromatic carbocycles. The number of anilines is 2. The lowest BCUT2D eigenvalue weighted by atomic mass is 9.97. The molecule has 3 heterocycles. The van der Waals surface area contributed by atoms with Crippen molar-refractivity contribution in [3.63, 3.8) is 0 Å². The summed E-state index contributed by atoms with van der Waals surface area (Å²) in [5.41, 5.74) is 1.70. The number of halogens is 1. The van der Waals surface area contributed by atoms with Crippen molar-refractivity contribution < 1.29 is 18.4 Å². The molecule has 8 nitrogen and oxygen atoms in total. The van der Waals surface area contributed by atoms with Gasteiger partial charge in [-0.2, -0.15) is 0 Å². The second-order valence-electron chi connectivity index (χ2n) is 8.95. The molecule has 0 radical (unpaired) electrons. The molecule has 0 bridgehead atoms. The highest BCUT2D eigenvalue weighted by Gasteiger charge is 2.30. The molecule has 0 spiro atoms. The van der Waals surface area contributed by atoms with Crippen molar-refractivity contribution in [2.24, 2.45) is 11.8 Å². The molecule has 182 valence electrons. The van der Waals surface area contributed by atoms with Gasteiger partial charge in [0.25, 0.3) is 0 Å². The average Bonchev–Trinajstić information content (AvgIpc) is 3.62. The van der Waals surface area contributed by atoms with Crippen molar-refractivity contribution in [1.82, 2.24) is 15.0 Å². The average molecular weight is 497 g/mol. The summed E-state index contributed by atoms with van der Waals surface area (Å²) in [6.07, 6.45) is 5.71. The maximum absolute atomic E-state index is 11.9. The molecule has 0 amide bonds. The molecule has 2 fully saturated rings. The Morgan fingerprint density at radius 2 is 2.26 bits per heavy atom. The molecule has 9 heteroatoms. The van der Waals surface area contributed by atoms with Crippen molar-refractivity contribution in [3.05, 3.63) is 48.1 Å². The Balaban J connectivity index is 1.48. The number of rotatable bonds is 10. The Bertz CT molecular complexity index is 1370. The van der Waals surface area contributed by atoms with Gasteiger partial charge in [0.05, 0.1) is 41.1 Å². The van der Waals surface area contributed by atoms with Crippen molar-refractivity contribution in [2.75, 3.05) is 37.4 Å². The van der Waals surface area contributed by atoms with Crippen molar-refractivity contribution >= 4 is 40.1 Å². The van der Waals surface area contributed by atoms with Crippen LogP contribution in [0.2, 0.25) is 5.02 Å². The zero-order valence-corrected chi connectivity index (χ0v) is 19.8. The minimum atomic E-state index is -2.63. The van der Waals surface area contributed by atoms with E-state index in [0.29, 0.717) is 54.1 Å². The van der Waals surface area contributed by atoms with Crippen molar-refractivity contribution in [1.29, 1.82) is 0 Å². The van der Waals surface area contributed by atoms with Crippen molar-refractivity contribution in [2.45, 2.75) is 25.3 Å². The van der Waals surface area contributed by atoms with Crippen LogP contribution < -0.4 is 15.4 Å². The van der Waals surface area contributed by atoms with E-state index in [1.165, 1.54) is 25.0 Å². The minimum absolute atomic E-state index is 0.000652. The summed E-state index contributed by atoms with van der Waals surface area (Å²) in [7, 11) is -2.63. The lowest BCUT2D eigenvalue weighted by Crippen LogP contribution is -2.30. The van der Waals surface area contributed by atoms with Crippen LogP contribution in [0.15, 0.2) is 43.1 Å². The predicted molar refractivity (Wildman–Crippen MR) is 137 cm³/mol. The van der Waals surface area contributed by atoms with Crippen molar-refractivity contribution in [3.8, 4) is 17.0 Å². The van der Waals surface area contributed by atoms with Crippen LogP contribution in [0.25, 0.3) is 22.2 Å². The third-order valence-electron chi connectivity index (χ3n) is 6.37. The van der Waals surface area contributed by atoms with E-state index in [1.807, 2.05) is 6.07 Å². The van der Waals surface area contributed by atoms with Crippen LogP contribution in [-0.4, -0.2) is 53.6 Å². The number of hydrogen-bond donors (Lipinski definition) is 2. The highest BCUT2D eigenvalue weighted by Crippen LogP contribution is 2.37. The number of benzene rings is 1. The smallest absolute Gasteiger partial charge is 0.223 e. The van der Waals surface area contributed by atoms with Gasteiger partial charge in [0.1, 0.15) is 11.3 Å². The normalized spacial score (nSPS) is 21.1. The lowest BCUT2D eigenvalue weighted by molar-refractivity contribution is -0.115. The highest BCUT2D eigenvalue weighted by atomic mass is 35.5. The Morgan fingerprint density at radius 1 is 1.37 bits per heavy atom. The summed E-state index contributed by atoms with van der Waals surface area (Å²) in [6, 6.07) is 6.65. The number of nitrogens with zero attached hydrogens (tertiary/aromatic N) is 3. The van der Waals surface area contributed by atoms with Crippen LogP contribution in [0.1, 0.15) is 23.4 Å². The Kier molecular flexibility index (Phi) is 5.82. The summed E-state index contributed by atoms with van der Waals surface area (Å²) in [5.74, 6) is 1.61. The predicted octanol–water partition coefficient (Wildman–Crippen LogP) is 4.75. The molecule has 1 saturated heterocycles. The van der Waals surface area contributed by atoms with E-state index < -0.39 is 7.04 Å². The number of fused-ring (bicyclic) bond motifs is 1. The van der Waals surface area contributed by atoms with Gasteiger partial charge in [-0.1, -0.05) is 30.3 Å². The number of pyridine rings is 1. The zero-order valence-electron chi connectivity index (χ0n) is 22.1. The number of aromatic nitrogens is 3. The maximum Gasteiger partial charge on any atom is 0.223 e. The second-order valence-corrected chi connectivity index (χ2v) is 9.33. The minimum Gasteiger partial charge on any atom is -0.495 e. The quantitative estimate of drug-likeness (QED) is 0.388. The topological polar surface area (TPSA) is 98.3 Å². The lowest BCUT2D eigenvalue weighted by Gasteiger charge is -2.18. The summed E-state index contributed by atoms with van der Waals surface area (Å²) < 4.78 is 32.9. The number of ether oxygens (including phenoxy) is 2. The van der Waals surface area contributed by atoms with Crippen LogP contribution in [0, 0.1) is 11.8 Å². The van der Waals surface area contributed by atoms with E-state index in [2.05, 4.69) is 22.2 Å². The van der Waals surface area contributed by atoms with E-state index >= 15 is 0 Å². The molecule has 35 heavy (non-hydrogen) atoms. The molecule has 3 aromatic rings. The molecule has 5 rings (SSSR count). The maximum atomic E-state index is 11.9. The summed E-state index contributed by atoms with van der Waals surface area (Å²) in [5, 5.41) is 7.63. The Morgan fingerprint density at radius 3 is 3.06 bits per heavy atom. The molecule has 2 aromatic heterocycles. The summed E-state index contributed by atoms with van der Waals surface area (Å²) in [6.45, 7) is 5.25. The van der Waals surface area contributed by atoms with Gasteiger partial charge in [0.2, 0.25) is 5.95 Å². The fourth-order valence-corrected chi connectivity index (χ4v) is 4.45.